The third-order valence-corrected chi connectivity index (χ3v) is 2.21. The molecule has 7 nitrogen and oxygen atoms in total. The van der Waals surface area contributed by atoms with Crippen LogP contribution >= 0.6 is 23.2 Å². The summed E-state index contributed by atoms with van der Waals surface area (Å²) in [7, 11) is 0. The number of carboxylic acid groups (broad SMARTS) is 1. The molecule has 92 valence electrons. The van der Waals surface area contributed by atoms with Crippen molar-refractivity contribution in [2.45, 2.75) is 6.04 Å². The number of nitrogens with one attached hydrogen (secondary N) is 1. The van der Waals surface area contributed by atoms with Crippen LogP contribution in [0.3, 0.4) is 0 Å². The first-order chi connectivity index (χ1) is 7.95. The molecule has 0 spiro atoms. The molecular weight excluding hydrogens is 273 g/mol. The molecule has 1 aromatic heterocycles. The van der Waals surface area contributed by atoms with Crippen molar-refractivity contribution in [3.05, 3.63) is 21.9 Å². The van der Waals surface area contributed by atoms with Crippen LogP contribution in [0, 0.1) is 0 Å². The number of halogens is 2. The number of nitrogens with zero attached hydrogens (tertiary/aromatic N) is 2. The SMILES string of the molecule is O=C(N[C@H](CO)C(=O)O)c1cc(Cl)nnc1Cl. The fourth-order valence-corrected chi connectivity index (χ4v) is 1.26. The smallest absolute Gasteiger partial charge is 0.328 e. The molecule has 1 atom stereocenters. The molecule has 0 aliphatic heterocycles. The predicted octanol–water partition coefficient (Wildman–Crippen LogP) is -0.0413. The van der Waals surface area contributed by atoms with Crippen LogP contribution in [0.4, 0.5) is 0 Å². The van der Waals surface area contributed by atoms with Gasteiger partial charge in [0.2, 0.25) is 0 Å². The van der Waals surface area contributed by atoms with Gasteiger partial charge in [-0.15, -0.1) is 10.2 Å². The summed E-state index contributed by atoms with van der Waals surface area (Å²) in [5, 5.41) is 25.9. The highest BCUT2D eigenvalue weighted by molar-refractivity contribution is 6.34. The number of carbonyl (C=O) groups excluding carboxylic acids is 1. The van der Waals surface area contributed by atoms with Crippen LogP contribution in [0.5, 0.6) is 0 Å². The second kappa shape index (κ2) is 5.76. The van der Waals surface area contributed by atoms with Gasteiger partial charge in [0.25, 0.3) is 5.91 Å². The summed E-state index contributed by atoms with van der Waals surface area (Å²) in [5.41, 5.74) is -0.119. The Labute approximate surface area is 105 Å². The van der Waals surface area contributed by atoms with Gasteiger partial charge >= 0.3 is 5.97 Å². The first-order valence-corrected chi connectivity index (χ1v) is 5.04. The lowest BCUT2D eigenvalue weighted by atomic mass is 10.2. The van der Waals surface area contributed by atoms with E-state index in [0.29, 0.717) is 0 Å². The molecule has 0 saturated carbocycles. The molecule has 1 amide bonds. The maximum atomic E-state index is 11.6. The maximum Gasteiger partial charge on any atom is 0.328 e. The summed E-state index contributed by atoms with van der Waals surface area (Å²) in [4.78, 5) is 22.2. The van der Waals surface area contributed by atoms with Gasteiger partial charge in [-0.25, -0.2) is 4.79 Å². The fourth-order valence-electron chi connectivity index (χ4n) is 0.934. The molecule has 3 N–H and O–H groups in total. The minimum atomic E-state index is -1.43. The van der Waals surface area contributed by atoms with Gasteiger partial charge < -0.3 is 15.5 Å². The van der Waals surface area contributed by atoms with E-state index >= 15 is 0 Å². The number of hydrogen-bond acceptors (Lipinski definition) is 5. The third-order valence-electron chi connectivity index (χ3n) is 1.75. The standard InChI is InChI=1S/C8H7Cl2N3O4/c9-5-1-3(6(10)13-12-5)7(15)11-4(2-14)8(16)17/h1,4,14H,2H2,(H,11,15)(H,16,17)/t4-/m1/s1. The van der Waals surface area contributed by atoms with Gasteiger partial charge in [0.05, 0.1) is 12.2 Å². The fraction of sp³-hybridized carbons (Fsp3) is 0.250. The molecule has 1 heterocycles. The summed E-state index contributed by atoms with van der Waals surface area (Å²) >= 11 is 11.1. The van der Waals surface area contributed by atoms with Crippen LogP contribution in [0.1, 0.15) is 10.4 Å². The highest BCUT2D eigenvalue weighted by atomic mass is 35.5. The Morgan fingerprint density at radius 3 is 2.59 bits per heavy atom. The van der Waals surface area contributed by atoms with Crippen molar-refractivity contribution in [1.82, 2.24) is 15.5 Å². The molecule has 0 unspecified atom stereocenters. The van der Waals surface area contributed by atoms with Crippen LogP contribution < -0.4 is 5.32 Å². The average molecular weight is 280 g/mol. The van der Waals surface area contributed by atoms with Gasteiger partial charge in [0.1, 0.15) is 0 Å². The number of amides is 1. The lowest BCUT2D eigenvalue weighted by molar-refractivity contribution is -0.140. The van der Waals surface area contributed by atoms with E-state index in [4.69, 9.17) is 33.4 Å². The molecule has 1 aromatic rings. The minimum Gasteiger partial charge on any atom is -0.480 e. The van der Waals surface area contributed by atoms with E-state index in [2.05, 4.69) is 15.5 Å². The van der Waals surface area contributed by atoms with Gasteiger partial charge in [0, 0.05) is 0 Å². The Kier molecular flexibility index (Phi) is 4.62. The molecule has 0 aliphatic carbocycles. The first-order valence-electron chi connectivity index (χ1n) is 4.29. The molecule has 0 aliphatic rings. The van der Waals surface area contributed by atoms with Crippen molar-refractivity contribution in [2.75, 3.05) is 6.61 Å². The number of aliphatic carboxylic acids is 1. The molecule has 0 saturated heterocycles. The van der Waals surface area contributed by atoms with E-state index in [1.54, 1.807) is 0 Å². The van der Waals surface area contributed by atoms with Crippen LogP contribution in [-0.2, 0) is 4.79 Å². The highest BCUT2D eigenvalue weighted by Crippen LogP contribution is 2.15. The number of hydrogen-bond donors (Lipinski definition) is 3. The average Bonchev–Trinajstić information content (AvgIpc) is 2.28. The number of rotatable bonds is 4. The zero-order chi connectivity index (χ0) is 13.0. The van der Waals surface area contributed by atoms with Gasteiger partial charge in [0.15, 0.2) is 16.3 Å². The number of aliphatic hydroxyl groups is 1. The summed E-state index contributed by atoms with van der Waals surface area (Å²) < 4.78 is 0. The molecule has 0 aromatic carbocycles. The van der Waals surface area contributed by atoms with Crippen LogP contribution in [0.2, 0.25) is 10.3 Å². The Morgan fingerprint density at radius 1 is 1.41 bits per heavy atom. The quantitative estimate of drug-likeness (QED) is 0.713. The number of aliphatic hydroxyl groups excluding tert-OH is 1. The van der Waals surface area contributed by atoms with E-state index in [1.807, 2.05) is 0 Å². The maximum absolute atomic E-state index is 11.6. The van der Waals surface area contributed by atoms with E-state index < -0.39 is 24.5 Å². The second-order valence-corrected chi connectivity index (χ2v) is 3.66. The van der Waals surface area contributed by atoms with Crippen molar-refractivity contribution in [3.8, 4) is 0 Å². The van der Waals surface area contributed by atoms with Gasteiger partial charge in [-0.2, -0.15) is 0 Å². The monoisotopic (exact) mass is 279 g/mol. The molecule has 0 radical (unpaired) electrons. The summed E-state index contributed by atoms with van der Waals surface area (Å²) in [5.74, 6) is -2.18. The first kappa shape index (κ1) is 13.6. The van der Waals surface area contributed by atoms with Gasteiger partial charge in [-0.1, -0.05) is 23.2 Å². The van der Waals surface area contributed by atoms with Crippen molar-refractivity contribution >= 4 is 35.1 Å². The minimum absolute atomic E-state index is 0.0598. The summed E-state index contributed by atoms with van der Waals surface area (Å²) in [6, 6.07) is -0.284. The number of carboxylic acids is 1. The van der Waals surface area contributed by atoms with Crippen molar-refractivity contribution in [3.63, 3.8) is 0 Å². The van der Waals surface area contributed by atoms with Crippen LogP contribution in [0.25, 0.3) is 0 Å². The topological polar surface area (TPSA) is 112 Å². The van der Waals surface area contributed by atoms with Crippen molar-refractivity contribution in [2.24, 2.45) is 0 Å². The second-order valence-electron chi connectivity index (χ2n) is 2.92. The molecule has 0 fully saturated rings. The molecule has 9 heteroatoms. The van der Waals surface area contributed by atoms with E-state index in [0.717, 1.165) is 6.07 Å². The normalized spacial score (nSPS) is 11.9. The Balaban J connectivity index is 2.89. The number of aromatic nitrogens is 2. The Bertz CT molecular complexity index is 454. The third kappa shape index (κ3) is 3.52. The molecule has 0 bridgehead atoms. The lowest BCUT2D eigenvalue weighted by Crippen LogP contribution is -2.43. The lowest BCUT2D eigenvalue weighted by Gasteiger charge is -2.11. The Hall–Kier alpha value is -1.44. The van der Waals surface area contributed by atoms with Crippen molar-refractivity contribution < 1.29 is 19.8 Å². The predicted molar refractivity (Wildman–Crippen MR) is 58.0 cm³/mol. The Morgan fingerprint density at radius 2 is 2.06 bits per heavy atom. The largest absolute Gasteiger partial charge is 0.480 e. The zero-order valence-electron chi connectivity index (χ0n) is 8.22. The molecular formula is C8H7Cl2N3O4. The van der Waals surface area contributed by atoms with Crippen LogP contribution in [0.15, 0.2) is 6.07 Å². The van der Waals surface area contributed by atoms with E-state index in [9.17, 15) is 9.59 Å². The zero-order valence-corrected chi connectivity index (χ0v) is 9.73. The van der Waals surface area contributed by atoms with Gasteiger partial charge in [-0.3, -0.25) is 4.79 Å². The molecule has 17 heavy (non-hydrogen) atoms. The molecule has 1 rings (SSSR count). The van der Waals surface area contributed by atoms with Crippen LogP contribution in [-0.4, -0.2) is 44.9 Å². The van der Waals surface area contributed by atoms with E-state index in [-0.39, 0.29) is 15.9 Å². The summed E-state index contributed by atoms with van der Waals surface area (Å²) in [6.45, 7) is -0.745. The van der Waals surface area contributed by atoms with E-state index in [1.165, 1.54) is 0 Å². The summed E-state index contributed by atoms with van der Waals surface area (Å²) in [6.07, 6.45) is 0. The van der Waals surface area contributed by atoms with Crippen molar-refractivity contribution in [1.29, 1.82) is 0 Å². The highest BCUT2D eigenvalue weighted by Gasteiger charge is 2.21. The van der Waals surface area contributed by atoms with Gasteiger partial charge in [-0.05, 0) is 6.07 Å². The number of carbonyl (C=O) groups is 2.